The second-order valence-corrected chi connectivity index (χ2v) is 4.78. The maximum absolute atomic E-state index is 12.2. The van der Waals surface area contributed by atoms with Crippen LogP contribution in [0, 0.1) is 6.92 Å². The molecule has 1 aliphatic rings. The molecule has 0 spiro atoms. The van der Waals surface area contributed by atoms with Crippen LogP contribution < -0.4 is 5.43 Å². The number of carbonyl (C=O) groups excluding carboxylic acids is 1. The first-order valence-electron chi connectivity index (χ1n) is 6.71. The first-order chi connectivity index (χ1) is 10.1. The maximum Gasteiger partial charge on any atom is 0.328 e. The molecule has 21 heavy (non-hydrogen) atoms. The van der Waals surface area contributed by atoms with Gasteiger partial charge in [0.25, 0.3) is 5.91 Å². The van der Waals surface area contributed by atoms with Gasteiger partial charge in [-0.05, 0) is 36.3 Å². The van der Waals surface area contributed by atoms with Crippen LogP contribution in [0.1, 0.15) is 21.5 Å². The van der Waals surface area contributed by atoms with E-state index in [9.17, 15) is 9.59 Å². The molecule has 2 N–H and O–H groups in total. The van der Waals surface area contributed by atoms with E-state index < -0.39 is 5.97 Å². The summed E-state index contributed by atoms with van der Waals surface area (Å²) in [5.74, 6) is -1.22. The highest BCUT2D eigenvalue weighted by atomic mass is 16.5. The predicted octanol–water partition coefficient (Wildman–Crippen LogP) is 1.07. The largest absolute Gasteiger partial charge is 0.478 e. The van der Waals surface area contributed by atoms with Gasteiger partial charge in [-0.15, -0.1) is 0 Å². The Morgan fingerprint density at radius 1 is 1.33 bits per heavy atom. The monoisotopic (exact) mass is 290 g/mol. The number of carboxylic acid groups (broad SMARTS) is 1. The number of morpholine rings is 1. The Labute approximate surface area is 123 Å². The Hall–Kier alpha value is -2.18. The second-order valence-electron chi connectivity index (χ2n) is 4.78. The normalized spacial score (nSPS) is 16.0. The van der Waals surface area contributed by atoms with Crippen molar-refractivity contribution in [3.05, 3.63) is 41.0 Å². The lowest BCUT2D eigenvalue weighted by atomic mass is 10.0. The van der Waals surface area contributed by atoms with Crippen LogP contribution in [-0.2, 0) is 9.53 Å². The summed E-state index contributed by atoms with van der Waals surface area (Å²) in [5, 5.41) is 10.5. The van der Waals surface area contributed by atoms with Crippen LogP contribution in [0.5, 0.6) is 0 Å². The number of benzene rings is 1. The zero-order valence-corrected chi connectivity index (χ0v) is 11.8. The van der Waals surface area contributed by atoms with E-state index in [0.717, 1.165) is 11.6 Å². The van der Waals surface area contributed by atoms with Gasteiger partial charge in [0.2, 0.25) is 0 Å². The quantitative estimate of drug-likeness (QED) is 0.811. The van der Waals surface area contributed by atoms with Crippen LogP contribution in [-0.4, -0.2) is 48.3 Å². The SMILES string of the molecule is Cc1ccc(C(=O)NN2CCOCC2)cc1/C=C/C(=O)O. The highest BCUT2D eigenvalue weighted by Crippen LogP contribution is 2.13. The second kappa shape index (κ2) is 7.01. The number of aliphatic carboxylic acids is 1. The number of nitrogens with zero attached hydrogens (tertiary/aromatic N) is 1. The van der Waals surface area contributed by atoms with Crippen molar-refractivity contribution >= 4 is 18.0 Å². The minimum atomic E-state index is -1.02. The van der Waals surface area contributed by atoms with Gasteiger partial charge in [0, 0.05) is 24.7 Å². The average Bonchev–Trinajstić information content (AvgIpc) is 2.47. The topological polar surface area (TPSA) is 78.9 Å². The lowest BCUT2D eigenvalue weighted by molar-refractivity contribution is -0.131. The van der Waals surface area contributed by atoms with Crippen molar-refractivity contribution in [1.82, 2.24) is 10.4 Å². The Morgan fingerprint density at radius 3 is 2.71 bits per heavy atom. The molecular weight excluding hydrogens is 272 g/mol. The van der Waals surface area contributed by atoms with Crippen molar-refractivity contribution in [2.24, 2.45) is 0 Å². The van der Waals surface area contributed by atoms with Gasteiger partial charge in [0.05, 0.1) is 13.2 Å². The fourth-order valence-electron chi connectivity index (χ4n) is 2.01. The number of aryl methyl sites for hydroxylation is 1. The van der Waals surface area contributed by atoms with E-state index in [4.69, 9.17) is 9.84 Å². The van der Waals surface area contributed by atoms with Crippen molar-refractivity contribution in [3.63, 3.8) is 0 Å². The van der Waals surface area contributed by atoms with Gasteiger partial charge in [0.15, 0.2) is 0 Å². The summed E-state index contributed by atoms with van der Waals surface area (Å²) in [6, 6.07) is 5.21. The molecule has 0 aromatic heterocycles. The standard InChI is InChI=1S/C15H18N2O4/c1-11-2-3-13(10-12(11)4-5-14(18)19)15(20)16-17-6-8-21-9-7-17/h2-5,10H,6-9H2,1H3,(H,16,20)(H,18,19)/b5-4+. The summed E-state index contributed by atoms with van der Waals surface area (Å²) in [4.78, 5) is 22.8. The highest BCUT2D eigenvalue weighted by molar-refractivity contribution is 5.95. The summed E-state index contributed by atoms with van der Waals surface area (Å²) in [6.45, 7) is 4.37. The first-order valence-corrected chi connectivity index (χ1v) is 6.71. The molecule has 0 radical (unpaired) electrons. The van der Waals surface area contributed by atoms with Gasteiger partial charge in [-0.3, -0.25) is 10.2 Å². The van der Waals surface area contributed by atoms with E-state index in [1.165, 1.54) is 6.08 Å². The molecule has 0 atom stereocenters. The summed E-state index contributed by atoms with van der Waals surface area (Å²) in [7, 11) is 0. The molecule has 1 fully saturated rings. The van der Waals surface area contributed by atoms with Crippen LogP contribution >= 0.6 is 0 Å². The fourth-order valence-corrected chi connectivity index (χ4v) is 2.01. The number of carbonyl (C=O) groups is 2. The molecule has 0 bridgehead atoms. The predicted molar refractivity (Wildman–Crippen MR) is 77.7 cm³/mol. The van der Waals surface area contributed by atoms with Gasteiger partial charge >= 0.3 is 5.97 Å². The number of hydrogen-bond donors (Lipinski definition) is 2. The number of rotatable bonds is 4. The van der Waals surface area contributed by atoms with Gasteiger partial charge < -0.3 is 9.84 Å². The van der Waals surface area contributed by atoms with Crippen molar-refractivity contribution in [3.8, 4) is 0 Å². The molecule has 1 saturated heterocycles. The van der Waals surface area contributed by atoms with E-state index in [2.05, 4.69) is 5.43 Å². The van der Waals surface area contributed by atoms with Gasteiger partial charge in [0.1, 0.15) is 0 Å². The first kappa shape index (κ1) is 15.2. The van der Waals surface area contributed by atoms with Crippen molar-refractivity contribution in [1.29, 1.82) is 0 Å². The van der Waals surface area contributed by atoms with E-state index >= 15 is 0 Å². The Kier molecular flexibility index (Phi) is 5.08. The molecule has 2 rings (SSSR count). The average molecular weight is 290 g/mol. The molecule has 1 heterocycles. The summed E-state index contributed by atoms with van der Waals surface area (Å²) >= 11 is 0. The van der Waals surface area contributed by atoms with Crippen LogP contribution in [0.2, 0.25) is 0 Å². The van der Waals surface area contributed by atoms with Gasteiger partial charge in [-0.1, -0.05) is 6.07 Å². The molecule has 0 saturated carbocycles. The molecule has 1 amide bonds. The minimum Gasteiger partial charge on any atom is -0.478 e. The third kappa shape index (κ3) is 4.40. The summed E-state index contributed by atoms with van der Waals surface area (Å²) < 4.78 is 5.22. The molecule has 6 nitrogen and oxygen atoms in total. The molecule has 1 aromatic carbocycles. The highest BCUT2D eigenvalue weighted by Gasteiger charge is 2.14. The zero-order valence-electron chi connectivity index (χ0n) is 11.8. The Bertz CT molecular complexity index is 563. The van der Waals surface area contributed by atoms with Gasteiger partial charge in [-0.25, -0.2) is 9.80 Å². The van der Waals surface area contributed by atoms with Crippen molar-refractivity contribution in [2.75, 3.05) is 26.3 Å². The molecule has 6 heteroatoms. The zero-order chi connectivity index (χ0) is 15.2. The number of amides is 1. The lowest BCUT2D eigenvalue weighted by Crippen LogP contribution is -2.48. The lowest BCUT2D eigenvalue weighted by Gasteiger charge is -2.27. The Morgan fingerprint density at radius 2 is 2.05 bits per heavy atom. The van der Waals surface area contributed by atoms with Gasteiger partial charge in [-0.2, -0.15) is 0 Å². The molecule has 112 valence electrons. The number of hydrogen-bond acceptors (Lipinski definition) is 4. The fraction of sp³-hybridized carbons (Fsp3) is 0.333. The van der Waals surface area contributed by atoms with Crippen molar-refractivity contribution < 1.29 is 19.4 Å². The molecule has 1 aliphatic heterocycles. The Balaban J connectivity index is 2.10. The smallest absolute Gasteiger partial charge is 0.328 e. The summed E-state index contributed by atoms with van der Waals surface area (Å²) in [6.07, 6.45) is 2.55. The van der Waals surface area contributed by atoms with Crippen LogP contribution in [0.25, 0.3) is 6.08 Å². The number of nitrogens with one attached hydrogen (secondary N) is 1. The maximum atomic E-state index is 12.2. The van der Waals surface area contributed by atoms with Crippen LogP contribution in [0.3, 0.4) is 0 Å². The summed E-state index contributed by atoms with van der Waals surface area (Å²) in [5.41, 5.74) is 4.95. The number of carboxylic acids is 1. The molecule has 0 aliphatic carbocycles. The van der Waals surface area contributed by atoms with Crippen molar-refractivity contribution in [2.45, 2.75) is 6.92 Å². The third-order valence-electron chi connectivity index (χ3n) is 3.22. The van der Waals surface area contributed by atoms with E-state index in [0.29, 0.717) is 37.4 Å². The van der Waals surface area contributed by atoms with Crippen LogP contribution in [0.15, 0.2) is 24.3 Å². The molecule has 0 unspecified atom stereocenters. The van der Waals surface area contributed by atoms with E-state index in [1.54, 1.807) is 18.2 Å². The third-order valence-corrected chi connectivity index (χ3v) is 3.22. The molecule has 1 aromatic rings. The van der Waals surface area contributed by atoms with Crippen LogP contribution in [0.4, 0.5) is 0 Å². The number of hydrazine groups is 1. The van der Waals surface area contributed by atoms with E-state index in [-0.39, 0.29) is 5.91 Å². The minimum absolute atomic E-state index is 0.207. The molecular formula is C15H18N2O4. The van der Waals surface area contributed by atoms with E-state index in [1.807, 2.05) is 11.9 Å². The number of ether oxygens (including phenoxy) is 1.